The Morgan fingerprint density at radius 2 is 1.89 bits per heavy atom. The third kappa shape index (κ3) is 4.64. The van der Waals surface area contributed by atoms with Gasteiger partial charge in [-0.25, -0.2) is 9.97 Å². The molecule has 106 valence electrons. The third-order valence-electron chi connectivity index (χ3n) is 3.51. The minimum Gasteiger partial charge on any atom is -0.236 e. The highest BCUT2D eigenvalue weighted by atomic mass is 35.5. The molecule has 0 spiro atoms. The number of hydrogen-bond donors (Lipinski definition) is 0. The SMILES string of the molecule is CC(C)(C)c1cc(Cl)nc(CSC2CCCCC2)n1. The lowest BCUT2D eigenvalue weighted by atomic mass is 9.92. The number of nitrogens with zero attached hydrogens (tertiary/aromatic N) is 2. The number of aromatic nitrogens is 2. The van der Waals surface area contributed by atoms with E-state index in [0.29, 0.717) is 5.15 Å². The molecule has 0 saturated heterocycles. The Labute approximate surface area is 125 Å². The van der Waals surface area contributed by atoms with Crippen molar-refractivity contribution in [3.05, 3.63) is 22.7 Å². The van der Waals surface area contributed by atoms with Crippen molar-refractivity contribution < 1.29 is 0 Å². The van der Waals surface area contributed by atoms with E-state index < -0.39 is 0 Å². The topological polar surface area (TPSA) is 25.8 Å². The van der Waals surface area contributed by atoms with E-state index in [-0.39, 0.29) is 5.41 Å². The molecule has 0 atom stereocenters. The first-order chi connectivity index (χ1) is 8.95. The lowest BCUT2D eigenvalue weighted by molar-refractivity contribution is 0.515. The third-order valence-corrected chi connectivity index (χ3v) is 5.07. The predicted octanol–water partition coefficient (Wildman–Crippen LogP) is 4.99. The minimum absolute atomic E-state index is 0.0246. The first kappa shape index (κ1) is 15.1. The molecule has 4 heteroatoms. The monoisotopic (exact) mass is 298 g/mol. The van der Waals surface area contributed by atoms with Gasteiger partial charge in [-0.2, -0.15) is 11.8 Å². The summed E-state index contributed by atoms with van der Waals surface area (Å²) in [7, 11) is 0. The second kappa shape index (κ2) is 6.45. The molecule has 0 amide bonds. The van der Waals surface area contributed by atoms with Crippen molar-refractivity contribution in [1.82, 2.24) is 9.97 Å². The predicted molar refractivity (Wildman–Crippen MR) is 83.9 cm³/mol. The highest BCUT2D eigenvalue weighted by molar-refractivity contribution is 7.99. The van der Waals surface area contributed by atoms with E-state index in [1.165, 1.54) is 32.1 Å². The van der Waals surface area contributed by atoms with E-state index >= 15 is 0 Å². The summed E-state index contributed by atoms with van der Waals surface area (Å²) in [6, 6.07) is 1.89. The molecule has 1 heterocycles. The number of rotatable bonds is 3. The van der Waals surface area contributed by atoms with Gasteiger partial charge in [0.05, 0.1) is 11.4 Å². The molecule has 1 fully saturated rings. The largest absolute Gasteiger partial charge is 0.236 e. The van der Waals surface area contributed by atoms with Gasteiger partial charge >= 0.3 is 0 Å². The van der Waals surface area contributed by atoms with Crippen LogP contribution in [0.15, 0.2) is 6.07 Å². The van der Waals surface area contributed by atoms with Crippen LogP contribution in [0.1, 0.15) is 64.4 Å². The molecule has 2 nitrogen and oxygen atoms in total. The molecule has 0 unspecified atom stereocenters. The van der Waals surface area contributed by atoms with Crippen LogP contribution in [0.2, 0.25) is 5.15 Å². The highest BCUT2D eigenvalue weighted by Crippen LogP contribution is 2.30. The van der Waals surface area contributed by atoms with Gasteiger partial charge in [0, 0.05) is 10.7 Å². The molecule has 0 N–H and O–H groups in total. The van der Waals surface area contributed by atoms with Gasteiger partial charge in [0.1, 0.15) is 11.0 Å². The summed E-state index contributed by atoms with van der Waals surface area (Å²) in [5.41, 5.74) is 1.06. The fourth-order valence-electron chi connectivity index (χ4n) is 2.34. The highest BCUT2D eigenvalue weighted by Gasteiger charge is 2.19. The Hall–Kier alpha value is -0.280. The Balaban J connectivity index is 2.01. The van der Waals surface area contributed by atoms with Gasteiger partial charge in [0.25, 0.3) is 0 Å². The van der Waals surface area contributed by atoms with Gasteiger partial charge in [0.2, 0.25) is 0 Å². The lowest BCUT2D eigenvalue weighted by Gasteiger charge is -2.21. The standard InChI is InChI=1S/C15H23ClN2S/c1-15(2,3)12-9-13(16)18-14(17-12)10-19-11-7-5-4-6-8-11/h9,11H,4-8,10H2,1-3H3. The maximum atomic E-state index is 6.12. The Morgan fingerprint density at radius 3 is 2.53 bits per heavy atom. The molecule has 0 bridgehead atoms. The number of halogens is 1. The van der Waals surface area contributed by atoms with Crippen LogP contribution in [0.5, 0.6) is 0 Å². The molecule has 19 heavy (non-hydrogen) atoms. The Kier molecular flexibility index (Phi) is 5.13. The van der Waals surface area contributed by atoms with Crippen LogP contribution in [-0.4, -0.2) is 15.2 Å². The van der Waals surface area contributed by atoms with Crippen molar-refractivity contribution in [3.63, 3.8) is 0 Å². The van der Waals surface area contributed by atoms with Crippen molar-refractivity contribution in [2.24, 2.45) is 0 Å². The average molecular weight is 299 g/mol. The Morgan fingerprint density at radius 1 is 1.21 bits per heavy atom. The van der Waals surface area contributed by atoms with Crippen molar-refractivity contribution in [2.45, 2.75) is 69.3 Å². The van der Waals surface area contributed by atoms with Gasteiger partial charge in [-0.1, -0.05) is 51.6 Å². The van der Waals surface area contributed by atoms with E-state index in [2.05, 4.69) is 30.7 Å². The summed E-state index contributed by atoms with van der Waals surface area (Å²) in [4.78, 5) is 9.04. The fraction of sp³-hybridized carbons (Fsp3) is 0.733. The quantitative estimate of drug-likeness (QED) is 0.735. The van der Waals surface area contributed by atoms with Crippen LogP contribution in [-0.2, 0) is 11.2 Å². The molecular weight excluding hydrogens is 276 g/mol. The average Bonchev–Trinajstić information content (AvgIpc) is 2.36. The maximum absolute atomic E-state index is 6.12. The van der Waals surface area contributed by atoms with E-state index in [9.17, 15) is 0 Å². The summed E-state index contributed by atoms with van der Waals surface area (Å²) in [5.74, 6) is 1.77. The van der Waals surface area contributed by atoms with E-state index in [1.54, 1.807) is 0 Å². The summed E-state index contributed by atoms with van der Waals surface area (Å²) in [6.45, 7) is 6.47. The van der Waals surface area contributed by atoms with E-state index in [1.807, 2.05) is 17.8 Å². The summed E-state index contributed by atoms with van der Waals surface area (Å²) < 4.78 is 0. The van der Waals surface area contributed by atoms with Crippen molar-refractivity contribution in [1.29, 1.82) is 0 Å². The molecular formula is C15H23ClN2S. The summed E-state index contributed by atoms with van der Waals surface area (Å²) in [6.07, 6.45) is 6.84. The summed E-state index contributed by atoms with van der Waals surface area (Å²) in [5, 5.41) is 1.36. The van der Waals surface area contributed by atoms with Gasteiger partial charge in [-0.3, -0.25) is 0 Å². The summed E-state index contributed by atoms with van der Waals surface area (Å²) >= 11 is 8.11. The zero-order chi connectivity index (χ0) is 13.9. The lowest BCUT2D eigenvalue weighted by Crippen LogP contribution is -2.16. The Bertz CT molecular complexity index is 423. The van der Waals surface area contributed by atoms with Crippen LogP contribution < -0.4 is 0 Å². The van der Waals surface area contributed by atoms with Crippen LogP contribution in [0.4, 0.5) is 0 Å². The number of hydrogen-bond acceptors (Lipinski definition) is 3. The van der Waals surface area contributed by atoms with Crippen molar-refractivity contribution >= 4 is 23.4 Å². The molecule has 1 saturated carbocycles. The van der Waals surface area contributed by atoms with Crippen molar-refractivity contribution in [3.8, 4) is 0 Å². The molecule has 1 aliphatic rings. The zero-order valence-corrected chi connectivity index (χ0v) is 13.7. The zero-order valence-electron chi connectivity index (χ0n) is 12.1. The van der Waals surface area contributed by atoms with Gasteiger partial charge in [-0.05, 0) is 18.9 Å². The first-order valence-electron chi connectivity index (χ1n) is 7.11. The second-order valence-electron chi connectivity index (χ2n) is 6.31. The number of thioether (sulfide) groups is 1. The molecule has 0 aromatic carbocycles. The van der Waals surface area contributed by atoms with Gasteiger partial charge < -0.3 is 0 Å². The molecule has 0 radical (unpaired) electrons. The van der Waals surface area contributed by atoms with Crippen LogP contribution >= 0.6 is 23.4 Å². The molecule has 0 aliphatic heterocycles. The smallest absolute Gasteiger partial charge is 0.140 e. The minimum atomic E-state index is 0.0246. The van der Waals surface area contributed by atoms with Crippen LogP contribution in [0.25, 0.3) is 0 Å². The first-order valence-corrected chi connectivity index (χ1v) is 8.53. The van der Waals surface area contributed by atoms with Crippen LogP contribution in [0.3, 0.4) is 0 Å². The molecule has 1 aromatic rings. The van der Waals surface area contributed by atoms with Gasteiger partial charge in [-0.15, -0.1) is 0 Å². The molecule has 1 aliphatic carbocycles. The van der Waals surface area contributed by atoms with E-state index in [0.717, 1.165) is 22.5 Å². The van der Waals surface area contributed by atoms with Crippen LogP contribution in [0, 0.1) is 0 Å². The maximum Gasteiger partial charge on any atom is 0.140 e. The molecule has 1 aromatic heterocycles. The fourth-order valence-corrected chi connectivity index (χ4v) is 3.72. The molecule has 2 rings (SSSR count). The van der Waals surface area contributed by atoms with Crippen molar-refractivity contribution in [2.75, 3.05) is 0 Å². The van der Waals surface area contributed by atoms with E-state index in [4.69, 9.17) is 11.6 Å². The normalized spacial score (nSPS) is 17.7. The van der Waals surface area contributed by atoms with Gasteiger partial charge in [0.15, 0.2) is 0 Å². The second-order valence-corrected chi connectivity index (χ2v) is 7.99.